The number of aryl methyl sites for hydroxylation is 1. The second-order valence-corrected chi connectivity index (χ2v) is 7.60. The van der Waals surface area contributed by atoms with Gasteiger partial charge in [-0.3, -0.25) is 9.59 Å². The van der Waals surface area contributed by atoms with Crippen LogP contribution in [0.1, 0.15) is 64.9 Å². The summed E-state index contributed by atoms with van der Waals surface area (Å²) in [5, 5.41) is 3.62. The highest BCUT2D eigenvalue weighted by molar-refractivity contribution is 7.17. The topological polar surface area (TPSA) is 72.2 Å². The Morgan fingerprint density at radius 2 is 1.88 bits per heavy atom. The number of benzene rings is 1. The summed E-state index contributed by atoms with van der Waals surface area (Å²) in [7, 11) is 0. The van der Waals surface area contributed by atoms with Gasteiger partial charge in [-0.15, -0.1) is 11.3 Å². The molecule has 2 amide bonds. The molecule has 1 aromatic heterocycles. The van der Waals surface area contributed by atoms with Gasteiger partial charge in [0.25, 0.3) is 5.91 Å². The monoisotopic (exact) mass is 356 g/mol. The quantitative estimate of drug-likeness (QED) is 0.786. The van der Waals surface area contributed by atoms with Gasteiger partial charge in [-0.25, -0.2) is 0 Å². The van der Waals surface area contributed by atoms with Crippen molar-refractivity contribution in [3.63, 3.8) is 0 Å². The lowest BCUT2D eigenvalue weighted by Crippen LogP contribution is -2.22. The van der Waals surface area contributed by atoms with E-state index in [9.17, 15) is 9.59 Å². The number of primary amides is 1. The van der Waals surface area contributed by atoms with Gasteiger partial charge in [0.05, 0.1) is 11.5 Å². The highest BCUT2D eigenvalue weighted by atomic mass is 32.1. The second-order valence-electron chi connectivity index (χ2n) is 6.49. The lowest BCUT2D eigenvalue weighted by atomic mass is 9.95. The minimum absolute atomic E-state index is 0.0763. The predicted octanol–water partition coefficient (Wildman–Crippen LogP) is 4.25. The second kappa shape index (κ2) is 7.83. The van der Waals surface area contributed by atoms with Crippen LogP contribution in [-0.4, -0.2) is 11.8 Å². The van der Waals surface area contributed by atoms with E-state index in [0.717, 1.165) is 36.8 Å². The van der Waals surface area contributed by atoms with E-state index in [1.807, 2.05) is 37.3 Å². The van der Waals surface area contributed by atoms with Crippen LogP contribution in [0.15, 0.2) is 30.3 Å². The fourth-order valence-electron chi connectivity index (χ4n) is 3.55. The maximum Gasteiger partial charge on any atom is 0.251 e. The number of fused-ring (bicyclic) bond motifs is 1. The van der Waals surface area contributed by atoms with Crippen LogP contribution in [0, 0.1) is 0 Å². The molecule has 132 valence electrons. The average Bonchev–Trinajstić information content (AvgIpc) is 2.78. The van der Waals surface area contributed by atoms with Crippen molar-refractivity contribution in [1.82, 2.24) is 0 Å². The summed E-state index contributed by atoms with van der Waals surface area (Å²) in [6, 6.07) is 9.75. The van der Waals surface area contributed by atoms with Crippen molar-refractivity contribution in [3.8, 4) is 0 Å². The third kappa shape index (κ3) is 3.76. The first-order valence-corrected chi connectivity index (χ1v) is 9.73. The summed E-state index contributed by atoms with van der Waals surface area (Å²) in [5.41, 5.74) is 8.21. The summed E-state index contributed by atoms with van der Waals surface area (Å²) in [6.07, 6.45) is 5.90. The molecule has 5 heteroatoms. The van der Waals surface area contributed by atoms with Crippen LogP contribution in [0.25, 0.3) is 0 Å². The van der Waals surface area contributed by atoms with Gasteiger partial charge in [-0.2, -0.15) is 0 Å². The number of anilines is 1. The number of nitrogens with one attached hydrogen (secondary N) is 1. The zero-order valence-corrected chi connectivity index (χ0v) is 15.3. The highest BCUT2D eigenvalue weighted by Crippen LogP contribution is 2.38. The summed E-state index contributed by atoms with van der Waals surface area (Å²) in [6.45, 7) is 2.00. The molecule has 0 fully saturated rings. The highest BCUT2D eigenvalue weighted by Gasteiger charge is 2.26. The fourth-order valence-corrected chi connectivity index (χ4v) is 4.85. The van der Waals surface area contributed by atoms with Crippen LogP contribution in [0.5, 0.6) is 0 Å². The number of amides is 2. The van der Waals surface area contributed by atoms with Crippen LogP contribution >= 0.6 is 11.3 Å². The molecule has 1 aliphatic carbocycles. The molecule has 0 saturated carbocycles. The van der Waals surface area contributed by atoms with E-state index in [-0.39, 0.29) is 11.8 Å². The van der Waals surface area contributed by atoms with Crippen molar-refractivity contribution in [1.29, 1.82) is 0 Å². The molecule has 0 aliphatic heterocycles. The number of nitrogens with two attached hydrogens (primary N) is 1. The third-order valence-corrected chi connectivity index (χ3v) is 6.04. The van der Waals surface area contributed by atoms with Crippen LogP contribution in [0.2, 0.25) is 0 Å². The molecule has 1 aromatic carbocycles. The molecule has 3 N–H and O–H groups in total. The van der Waals surface area contributed by atoms with E-state index in [0.29, 0.717) is 17.0 Å². The van der Waals surface area contributed by atoms with Crippen LogP contribution in [-0.2, 0) is 17.6 Å². The first-order valence-electron chi connectivity index (χ1n) is 8.92. The molecule has 0 unspecified atom stereocenters. The molecule has 1 aliphatic rings. The van der Waals surface area contributed by atoms with E-state index >= 15 is 0 Å². The van der Waals surface area contributed by atoms with Gasteiger partial charge in [0.2, 0.25) is 5.91 Å². The first-order chi connectivity index (χ1) is 12.1. The Hall–Kier alpha value is -2.14. The van der Waals surface area contributed by atoms with Crippen molar-refractivity contribution >= 4 is 28.2 Å². The minimum Gasteiger partial charge on any atom is -0.365 e. The molecular weight excluding hydrogens is 332 g/mol. The maximum atomic E-state index is 12.8. The molecule has 0 spiro atoms. The standard InChI is InChI=1S/C20H24N2O2S/c1-2-14(13-9-5-3-6-10-13)19(24)22-20-17(18(21)23)15-11-7-4-8-12-16(15)25-20/h3,5-6,9-10,14H,2,4,7-8,11-12H2,1H3,(H2,21,23)(H,22,24)/t14-/m1/s1. The molecule has 1 atom stereocenters. The zero-order valence-electron chi connectivity index (χ0n) is 14.5. The van der Waals surface area contributed by atoms with E-state index in [1.165, 1.54) is 22.6 Å². The Morgan fingerprint density at radius 3 is 2.56 bits per heavy atom. The molecule has 1 heterocycles. The molecule has 2 aromatic rings. The molecule has 25 heavy (non-hydrogen) atoms. The molecular formula is C20H24N2O2S. The molecule has 0 radical (unpaired) electrons. The summed E-state index contributed by atoms with van der Waals surface area (Å²) >= 11 is 1.52. The number of thiophene rings is 1. The Balaban J connectivity index is 1.89. The molecule has 0 saturated heterocycles. The van der Waals surface area contributed by atoms with Crippen LogP contribution < -0.4 is 11.1 Å². The van der Waals surface area contributed by atoms with Crippen molar-refractivity contribution in [2.75, 3.05) is 5.32 Å². The van der Waals surface area contributed by atoms with Crippen molar-refractivity contribution < 1.29 is 9.59 Å². The lowest BCUT2D eigenvalue weighted by Gasteiger charge is -2.15. The van der Waals surface area contributed by atoms with Gasteiger partial charge in [-0.05, 0) is 43.2 Å². The summed E-state index contributed by atoms with van der Waals surface area (Å²) in [5.74, 6) is -0.751. The van der Waals surface area contributed by atoms with Crippen LogP contribution in [0.4, 0.5) is 5.00 Å². The number of carbonyl (C=O) groups is 2. The molecule has 0 bridgehead atoms. The van der Waals surface area contributed by atoms with Gasteiger partial charge < -0.3 is 11.1 Å². The lowest BCUT2D eigenvalue weighted by molar-refractivity contribution is -0.117. The van der Waals surface area contributed by atoms with Crippen molar-refractivity contribution in [2.45, 2.75) is 51.4 Å². The van der Waals surface area contributed by atoms with E-state index in [2.05, 4.69) is 5.32 Å². The van der Waals surface area contributed by atoms with Gasteiger partial charge in [0.1, 0.15) is 5.00 Å². The Bertz CT molecular complexity index is 768. The Labute approximate surface area is 152 Å². The van der Waals surface area contributed by atoms with Gasteiger partial charge in [0.15, 0.2) is 0 Å². The smallest absolute Gasteiger partial charge is 0.251 e. The molecule has 4 nitrogen and oxygen atoms in total. The number of rotatable bonds is 5. The predicted molar refractivity (Wildman–Crippen MR) is 102 cm³/mol. The number of hydrogen-bond donors (Lipinski definition) is 2. The van der Waals surface area contributed by atoms with E-state index in [1.54, 1.807) is 0 Å². The summed E-state index contributed by atoms with van der Waals surface area (Å²) < 4.78 is 0. The van der Waals surface area contributed by atoms with Gasteiger partial charge in [0, 0.05) is 4.88 Å². The molecule has 3 rings (SSSR count). The van der Waals surface area contributed by atoms with Gasteiger partial charge >= 0.3 is 0 Å². The van der Waals surface area contributed by atoms with Crippen molar-refractivity contribution in [3.05, 3.63) is 51.9 Å². The van der Waals surface area contributed by atoms with Gasteiger partial charge in [-0.1, -0.05) is 43.7 Å². The largest absolute Gasteiger partial charge is 0.365 e. The SMILES string of the molecule is CC[C@@H](C(=O)Nc1sc2c(c1C(N)=O)CCCCC2)c1ccccc1. The van der Waals surface area contributed by atoms with E-state index < -0.39 is 5.91 Å². The zero-order chi connectivity index (χ0) is 17.8. The summed E-state index contributed by atoms with van der Waals surface area (Å²) in [4.78, 5) is 26.1. The maximum absolute atomic E-state index is 12.8. The van der Waals surface area contributed by atoms with E-state index in [4.69, 9.17) is 5.73 Å². The Kier molecular flexibility index (Phi) is 5.53. The van der Waals surface area contributed by atoms with Crippen molar-refractivity contribution in [2.24, 2.45) is 5.73 Å². The van der Waals surface area contributed by atoms with Crippen LogP contribution in [0.3, 0.4) is 0 Å². The minimum atomic E-state index is -0.442. The fraction of sp³-hybridized carbons (Fsp3) is 0.400. The number of carbonyl (C=O) groups excluding carboxylic acids is 2. The average molecular weight is 356 g/mol. The third-order valence-electron chi connectivity index (χ3n) is 4.83. The normalized spacial score (nSPS) is 15.1. The first kappa shape index (κ1) is 17.7. The number of hydrogen-bond acceptors (Lipinski definition) is 3. The Morgan fingerprint density at radius 1 is 1.16 bits per heavy atom.